The first kappa shape index (κ1) is 21.6. The highest BCUT2D eigenvalue weighted by Gasteiger charge is 2.27. The molecule has 0 radical (unpaired) electrons. The van der Waals surface area contributed by atoms with Crippen LogP contribution in [-0.2, 0) is 21.2 Å². The minimum Gasteiger partial charge on any atom is -0.326 e. The normalized spacial score (nSPS) is 12.9. The summed E-state index contributed by atoms with van der Waals surface area (Å²) in [6.07, 6.45) is 0.585. The molecular formula is C24H23N3O4S. The van der Waals surface area contributed by atoms with Gasteiger partial charge in [0, 0.05) is 36.1 Å². The number of anilines is 3. The van der Waals surface area contributed by atoms with E-state index >= 15 is 0 Å². The maximum atomic E-state index is 12.9. The van der Waals surface area contributed by atoms with Crippen LogP contribution < -0.4 is 14.9 Å². The highest BCUT2D eigenvalue weighted by atomic mass is 32.2. The van der Waals surface area contributed by atoms with Crippen LogP contribution >= 0.6 is 0 Å². The molecule has 0 bridgehead atoms. The summed E-state index contributed by atoms with van der Waals surface area (Å²) < 4.78 is 28.3. The third-order valence-electron chi connectivity index (χ3n) is 5.26. The Balaban J connectivity index is 1.53. The van der Waals surface area contributed by atoms with Gasteiger partial charge in [-0.05, 0) is 73.5 Å². The topological polar surface area (TPSA) is 95.6 Å². The zero-order valence-corrected chi connectivity index (χ0v) is 18.6. The van der Waals surface area contributed by atoms with Crippen LogP contribution in [-0.4, -0.2) is 26.8 Å². The van der Waals surface area contributed by atoms with Crippen LogP contribution in [0.2, 0.25) is 0 Å². The standard InChI is InChI=1S/C24H23N3O4S/c1-16-3-5-18(6-4-16)24(29)27-14-13-19-15-22(11-12-23(19)27)32(30,31)26-21-9-7-20(8-10-21)25-17(2)28/h3-12,15,26H,13-14H2,1-2H3,(H,25,28). The average molecular weight is 450 g/mol. The summed E-state index contributed by atoms with van der Waals surface area (Å²) in [6.45, 7) is 3.87. The molecule has 0 spiro atoms. The minimum atomic E-state index is -3.81. The van der Waals surface area contributed by atoms with Gasteiger partial charge in [0.2, 0.25) is 5.91 Å². The fourth-order valence-corrected chi connectivity index (χ4v) is 4.76. The van der Waals surface area contributed by atoms with Crippen LogP contribution in [0.4, 0.5) is 17.1 Å². The van der Waals surface area contributed by atoms with Gasteiger partial charge in [-0.15, -0.1) is 0 Å². The van der Waals surface area contributed by atoms with E-state index in [0.29, 0.717) is 29.9 Å². The van der Waals surface area contributed by atoms with Gasteiger partial charge in [-0.2, -0.15) is 0 Å². The molecule has 4 rings (SSSR count). The van der Waals surface area contributed by atoms with Crippen molar-refractivity contribution in [3.8, 4) is 0 Å². The first-order chi connectivity index (χ1) is 15.2. The lowest BCUT2D eigenvalue weighted by Crippen LogP contribution is -2.28. The molecule has 8 heteroatoms. The van der Waals surface area contributed by atoms with E-state index in [2.05, 4.69) is 10.0 Å². The number of benzene rings is 3. The molecule has 3 aromatic carbocycles. The number of nitrogens with one attached hydrogen (secondary N) is 2. The fraction of sp³-hybridized carbons (Fsp3) is 0.167. The van der Waals surface area contributed by atoms with Crippen molar-refractivity contribution in [3.05, 3.63) is 83.4 Å². The first-order valence-corrected chi connectivity index (χ1v) is 11.6. The molecule has 3 aromatic rings. The van der Waals surface area contributed by atoms with E-state index in [1.54, 1.807) is 53.4 Å². The summed E-state index contributed by atoms with van der Waals surface area (Å²) in [4.78, 5) is 25.8. The highest BCUT2D eigenvalue weighted by Crippen LogP contribution is 2.32. The predicted octanol–water partition coefficient (Wildman–Crippen LogP) is 3.96. The number of fused-ring (bicyclic) bond motifs is 1. The lowest BCUT2D eigenvalue weighted by molar-refractivity contribution is -0.114. The molecule has 164 valence electrons. The van der Waals surface area contributed by atoms with Gasteiger partial charge in [-0.1, -0.05) is 17.7 Å². The van der Waals surface area contributed by atoms with Gasteiger partial charge in [-0.25, -0.2) is 8.42 Å². The van der Waals surface area contributed by atoms with Crippen molar-refractivity contribution in [1.29, 1.82) is 0 Å². The monoisotopic (exact) mass is 449 g/mol. The molecular weight excluding hydrogens is 426 g/mol. The lowest BCUT2D eigenvalue weighted by atomic mass is 10.1. The molecule has 0 saturated carbocycles. The first-order valence-electron chi connectivity index (χ1n) is 10.1. The second-order valence-electron chi connectivity index (χ2n) is 7.73. The van der Waals surface area contributed by atoms with E-state index in [1.807, 2.05) is 19.1 Å². The van der Waals surface area contributed by atoms with Gasteiger partial charge in [-0.3, -0.25) is 14.3 Å². The average Bonchev–Trinajstić information content (AvgIpc) is 3.18. The molecule has 2 N–H and O–H groups in total. The van der Waals surface area contributed by atoms with Gasteiger partial charge >= 0.3 is 0 Å². The third-order valence-corrected chi connectivity index (χ3v) is 6.64. The van der Waals surface area contributed by atoms with Gasteiger partial charge in [0.15, 0.2) is 0 Å². The zero-order valence-electron chi connectivity index (χ0n) is 17.8. The Morgan fingerprint density at radius 1 is 0.906 bits per heavy atom. The number of hydrogen-bond donors (Lipinski definition) is 2. The van der Waals surface area contributed by atoms with Crippen LogP contribution in [0.25, 0.3) is 0 Å². The number of rotatable bonds is 5. The zero-order chi connectivity index (χ0) is 22.9. The fourth-order valence-electron chi connectivity index (χ4n) is 3.65. The molecule has 0 aromatic heterocycles. The molecule has 0 saturated heterocycles. The number of carbonyl (C=O) groups is 2. The Labute approximate surface area is 187 Å². The van der Waals surface area contributed by atoms with E-state index in [1.165, 1.54) is 13.0 Å². The number of aryl methyl sites for hydroxylation is 1. The van der Waals surface area contributed by atoms with Crippen molar-refractivity contribution in [2.75, 3.05) is 21.5 Å². The number of carbonyl (C=O) groups excluding carboxylic acids is 2. The van der Waals surface area contributed by atoms with Gasteiger partial charge in [0.25, 0.3) is 15.9 Å². The molecule has 0 unspecified atom stereocenters. The highest BCUT2D eigenvalue weighted by molar-refractivity contribution is 7.92. The van der Waals surface area contributed by atoms with Crippen molar-refractivity contribution >= 4 is 38.9 Å². The Bertz CT molecular complexity index is 1280. The van der Waals surface area contributed by atoms with E-state index < -0.39 is 10.0 Å². The molecule has 32 heavy (non-hydrogen) atoms. The number of sulfonamides is 1. The minimum absolute atomic E-state index is 0.100. The molecule has 7 nitrogen and oxygen atoms in total. The van der Waals surface area contributed by atoms with E-state index in [9.17, 15) is 18.0 Å². The molecule has 1 heterocycles. The van der Waals surface area contributed by atoms with Crippen LogP contribution in [0.15, 0.2) is 71.6 Å². The third kappa shape index (κ3) is 4.50. The van der Waals surface area contributed by atoms with Gasteiger partial charge in [0.05, 0.1) is 4.90 Å². The van der Waals surface area contributed by atoms with Crippen molar-refractivity contribution in [2.45, 2.75) is 25.2 Å². The second-order valence-corrected chi connectivity index (χ2v) is 9.41. The summed E-state index contributed by atoms with van der Waals surface area (Å²) in [5.41, 5.74) is 4.19. The lowest BCUT2D eigenvalue weighted by Gasteiger charge is -2.18. The van der Waals surface area contributed by atoms with Crippen LogP contribution in [0.3, 0.4) is 0 Å². The maximum Gasteiger partial charge on any atom is 0.261 e. The second kappa shape index (κ2) is 8.47. The molecule has 2 amide bonds. The van der Waals surface area contributed by atoms with Crippen LogP contribution in [0, 0.1) is 6.92 Å². The van der Waals surface area contributed by atoms with Crippen molar-refractivity contribution in [3.63, 3.8) is 0 Å². The van der Waals surface area contributed by atoms with Crippen molar-refractivity contribution in [2.24, 2.45) is 0 Å². The van der Waals surface area contributed by atoms with Crippen molar-refractivity contribution < 1.29 is 18.0 Å². The summed E-state index contributed by atoms with van der Waals surface area (Å²) in [6, 6.07) is 18.6. The summed E-state index contributed by atoms with van der Waals surface area (Å²) in [5, 5.41) is 2.63. The molecule has 1 aliphatic heterocycles. The van der Waals surface area contributed by atoms with E-state index in [4.69, 9.17) is 0 Å². The molecule has 0 fully saturated rings. The molecule has 1 aliphatic rings. The molecule has 0 atom stereocenters. The SMILES string of the molecule is CC(=O)Nc1ccc(NS(=O)(=O)c2ccc3c(c2)CCN3C(=O)c2ccc(C)cc2)cc1. The van der Waals surface area contributed by atoms with Crippen LogP contribution in [0.5, 0.6) is 0 Å². The Kier molecular flexibility index (Phi) is 5.71. The Morgan fingerprint density at radius 3 is 2.22 bits per heavy atom. The van der Waals surface area contributed by atoms with Crippen LogP contribution in [0.1, 0.15) is 28.4 Å². The van der Waals surface area contributed by atoms with E-state index in [0.717, 1.165) is 16.8 Å². The smallest absolute Gasteiger partial charge is 0.261 e. The predicted molar refractivity (Wildman–Crippen MR) is 125 cm³/mol. The Morgan fingerprint density at radius 2 is 1.56 bits per heavy atom. The van der Waals surface area contributed by atoms with E-state index in [-0.39, 0.29) is 16.7 Å². The van der Waals surface area contributed by atoms with Gasteiger partial charge < -0.3 is 10.2 Å². The number of amides is 2. The summed E-state index contributed by atoms with van der Waals surface area (Å²) in [5.74, 6) is -0.303. The van der Waals surface area contributed by atoms with Gasteiger partial charge in [0.1, 0.15) is 0 Å². The summed E-state index contributed by atoms with van der Waals surface area (Å²) in [7, 11) is -3.81. The molecule has 0 aliphatic carbocycles. The number of nitrogens with zero attached hydrogens (tertiary/aromatic N) is 1. The number of hydrogen-bond acceptors (Lipinski definition) is 4. The Hall–Kier alpha value is -3.65. The summed E-state index contributed by atoms with van der Waals surface area (Å²) >= 11 is 0. The largest absolute Gasteiger partial charge is 0.326 e. The quantitative estimate of drug-likeness (QED) is 0.616. The van der Waals surface area contributed by atoms with Crippen molar-refractivity contribution in [1.82, 2.24) is 0 Å². The maximum absolute atomic E-state index is 12.9.